The Kier molecular flexibility index (Phi) is 40.6. The van der Waals surface area contributed by atoms with Crippen molar-refractivity contribution in [3.8, 4) is 0 Å². The molecule has 1 saturated heterocycles. The topological polar surface area (TPSA) is 178 Å². The molecule has 64 heavy (non-hydrogen) atoms. The fourth-order valence-corrected chi connectivity index (χ4v) is 8.58. The molecule has 1 aliphatic rings. The first-order valence-electron chi connectivity index (χ1n) is 26.1. The summed E-state index contributed by atoms with van der Waals surface area (Å²) in [5, 5.41) is 30.8. The Morgan fingerprint density at radius 2 is 0.984 bits per heavy atom. The van der Waals surface area contributed by atoms with Gasteiger partial charge in [-0.1, -0.05) is 186 Å². The van der Waals surface area contributed by atoms with E-state index in [-0.39, 0.29) is 19.6 Å². The van der Waals surface area contributed by atoms with E-state index in [2.05, 4.69) is 42.3 Å². The lowest BCUT2D eigenvalue weighted by molar-refractivity contribution is -0.301. The molecule has 0 bridgehead atoms. The van der Waals surface area contributed by atoms with Crippen LogP contribution in [0.3, 0.4) is 0 Å². The average Bonchev–Trinajstić information content (AvgIpc) is 3.27. The molecule has 6 unspecified atom stereocenters. The summed E-state index contributed by atoms with van der Waals surface area (Å²) in [7, 11) is -5.06. The first-order chi connectivity index (χ1) is 31.1. The van der Waals surface area contributed by atoms with Crippen LogP contribution >= 0.6 is 0 Å². The Morgan fingerprint density at radius 1 is 0.578 bits per heavy atom. The lowest BCUT2D eigenvalue weighted by Gasteiger charge is -2.41. The van der Waals surface area contributed by atoms with E-state index in [0.29, 0.717) is 13.0 Å². The normalized spacial score (nSPS) is 19.9. The van der Waals surface area contributed by atoms with E-state index in [1.54, 1.807) is 0 Å². The Bertz CT molecular complexity index is 1210. The van der Waals surface area contributed by atoms with Crippen molar-refractivity contribution >= 4 is 16.4 Å². The summed E-state index contributed by atoms with van der Waals surface area (Å²) < 4.78 is 59.3. The highest BCUT2D eigenvalue weighted by molar-refractivity contribution is 7.80. The maximum atomic E-state index is 12.9. The van der Waals surface area contributed by atoms with E-state index >= 15 is 0 Å². The minimum absolute atomic E-state index is 0.0351. The summed E-state index contributed by atoms with van der Waals surface area (Å²) in [6.45, 7) is 4.01. The van der Waals surface area contributed by atoms with E-state index < -0.39 is 59.8 Å². The van der Waals surface area contributed by atoms with Gasteiger partial charge in [0.25, 0.3) is 0 Å². The highest BCUT2D eigenvalue weighted by Gasteiger charge is 2.48. The molecule has 0 spiro atoms. The number of esters is 1. The Balaban J connectivity index is 2.36. The number of carbonyl (C=O) groups excluding carboxylic acids is 1. The van der Waals surface area contributed by atoms with Crippen molar-refractivity contribution in [1.82, 2.24) is 0 Å². The zero-order valence-corrected chi connectivity index (χ0v) is 41.4. The third kappa shape index (κ3) is 35.7. The quantitative estimate of drug-likeness (QED) is 0.0197. The van der Waals surface area contributed by atoms with E-state index in [4.69, 9.17) is 18.9 Å². The van der Waals surface area contributed by atoms with Gasteiger partial charge in [-0.2, -0.15) is 8.42 Å². The third-order valence-corrected chi connectivity index (χ3v) is 12.5. The first-order valence-corrected chi connectivity index (χ1v) is 27.5. The lowest BCUT2D eigenvalue weighted by atomic mass is 9.99. The Hall–Kier alpha value is -1.42. The van der Waals surface area contributed by atoms with Crippen LogP contribution < -0.4 is 0 Å². The van der Waals surface area contributed by atoms with Crippen molar-refractivity contribution in [1.29, 1.82) is 0 Å². The minimum Gasteiger partial charge on any atom is -0.457 e. The largest absolute Gasteiger partial charge is 0.457 e. The molecule has 1 rings (SSSR count). The van der Waals surface area contributed by atoms with Gasteiger partial charge in [-0.05, 0) is 64.2 Å². The molecular formula is C51H96O12S. The van der Waals surface area contributed by atoms with E-state index in [9.17, 15) is 33.1 Å². The summed E-state index contributed by atoms with van der Waals surface area (Å²) in [6, 6.07) is 0. The molecule has 13 heteroatoms. The van der Waals surface area contributed by atoms with E-state index in [0.717, 1.165) is 44.9 Å². The minimum atomic E-state index is -5.06. The van der Waals surface area contributed by atoms with Gasteiger partial charge in [-0.25, -0.2) is 4.18 Å². The van der Waals surface area contributed by atoms with Crippen LogP contribution in [0.15, 0.2) is 24.3 Å². The first kappa shape index (κ1) is 60.6. The van der Waals surface area contributed by atoms with Crippen LogP contribution in [0.2, 0.25) is 0 Å². The van der Waals surface area contributed by atoms with Gasteiger partial charge in [-0.15, -0.1) is 0 Å². The molecule has 4 N–H and O–H groups in total. The van der Waals surface area contributed by atoms with Gasteiger partial charge in [0.1, 0.15) is 30.5 Å². The predicted octanol–water partition coefficient (Wildman–Crippen LogP) is 12.0. The van der Waals surface area contributed by atoms with Crippen LogP contribution in [-0.2, 0) is 38.3 Å². The summed E-state index contributed by atoms with van der Waals surface area (Å²) in [6.07, 6.45) is 40.6. The molecule has 0 radical (unpaired) electrons. The summed E-state index contributed by atoms with van der Waals surface area (Å²) in [4.78, 5) is 12.9. The van der Waals surface area contributed by atoms with E-state index in [1.165, 1.54) is 161 Å². The molecule has 6 atom stereocenters. The van der Waals surface area contributed by atoms with Gasteiger partial charge in [0, 0.05) is 13.0 Å². The van der Waals surface area contributed by atoms with Gasteiger partial charge in [0.15, 0.2) is 6.29 Å². The number of hydrogen-bond donors (Lipinski definition) is 4. The molecule has 0 aromatic carbocycles. The predicted molar refractivity (Wildman–Crippen MR) is 257 cm³/mol. The zero-order valence-electron chi connectivity index (χ0n) is 40.6. The number of rotatable bonds is 46. The molecule has 0 saturated carbocycles. The third-order valence-electron chi connectivity index (χ3n) is 12.0. The van der Waals surface area contributed by atoms with Crippen molar-refractivity contribution in [2.45, 2.75) is 269 Å². The molecule has 12 nitrogen and oxygen atoms in total. The van der Waals surface area contributed by atoms with Gasteiger partial charge in [0.05, 0.1) is 19.8 Å². The molecule has 0 aliphatic carbocycles. The van der Waals surface area contributed by atoms with Crippen LogP contribution in [0, 0.1) is 0 Å². The van der Waals surface area contributed by atoms with Gasteiger partial charge < -0.3 is 34.3 Å². The molecule has 1 fully saturated rings. The number of unbranched alkanes of at least 4 members (excludes halogenated alkanes) is 29. The maximum absolute atomic E-state index is 12.9. The number of hydrogen-bond acceptors (Lipinski definition) is 11. The van der Waals surface area contributed by atoms with Crippen LogP contribution in [0.25, 0.3) is 0 Å². The van der Waals surface area contributed by atoms with Crippen molar-refractivity contribution in [3.05, 3.63) is 24.3 Å². The van der Waals surface area contributed by atoms with E-state index in [1.807, 2.05) is 0 Å². The van der Waals surface area contributed by atoms with Crippen LogP contribution in [0.5, 0.6) is 0 Å². The van der Waals surface area contributed by atoms with Crippen LogP contribution in [0.4, 0.5) is 0 Å². The zero-order chi connectivity index (χ0) is 46.8. The molecule has 0 aromatic heterocycles. The van der Waals surface area contributed by atoms with Crippen molar-refractivity contribution in [3.63, 3.8) is 0 Å². The Morgan fingerprint density at radius 3 is 1.41 bits per heavy atom. The van der Waals surface area contributed by atoms with Crippen molar-refractivity contribution in [2.24, 2.45) is 0 Å². The lowest BCUT2D eigenvalue weighted by Crippen LogP contribution is -2.60. The molecule has 0 amide bonds. The highest BCUT2D eigenvalue weighted by Crippen LogP contribution is 2.26. The maximum Gasteiger partial charge on any atom is 0.397 e. The standard InChI is InChI=1S/C51H96O12S/c1-3-5-7-9-11-13-15-17-19-21-23-25-27-29-31-33-35-37-39-41-59-43-45(44-60-51-49(55)50(63-64(56,57)58)48(54)46(42-52)62-51)61-47(53)40-38-36-34-32-30-28-26-24-22-20-18-16-14-12-10-8-6-4-2/h19-22,45-46,48-52,54-55H,3-18,23-44H2,1-2H3,(H,56,57,58)/b21-19-,22-20-. The van der Waals surface area contributed by atoms with Crippen molar-refractivity contribution in [2.75, 3.05) is 26.4 Å². The SMILES string of the molecule is CCCCCCCCC/C=C\CCCCCCCCCCOCC(COC1OC(CO)C(O)C(OS(=O)(=O)O)C1O)OC(=O)CCCCCCCCC/C=C\CCCCCCCCC. The number of carbonyl (C=O) groups is 1. The van der Waals surface area contributed by atoms with Gasteiger partial charge in [0.2, 0.25) is 0 Å². The fraction of sp³-hybridized carbons (Fsp3) is 0.902. The van der Waals surface area contributed by atoms with Gasteiger partial charge in [-0.3, -0.25) is 9.35 Å². The second-order valence-corrected chi connectivity index (χ2v) is 19.2. The summed E-state index contributed by atoms with van der Waals surface area (Å²) >= 11 is 0. The number of aliphatic hydroxyl groups excluding tert-OH is 3. The van der Waals surface area contributed by atoms with Crippen molar-refractivity contribution < 1.29 is 56.2 Å². The fourth-order valence-electron chi connectivity index (χ4n) is 8.08. The molecule has 1 heterocycles. The smallest absolute Gasteiger partial charge is 0.397 e. The Labute approximate surface area is 391 Å². The molecular weight excluding hydrogens is 837 g/mol. The summed E-state index contributed by atoms with van der Waals surface area (Å²) in [5.41, 5.74) is 0. The average molecular weight is 933 g/mol. The molecule has 1 aliphatic heterocycles. The van der Waals surface area contributed by atoms with Crippen LogP contribution in [-0.4, -0.2) is 97.5 Å². The second kappa shape index (κ2) is 42.9. The monoisotopic (exact) mass is 933 g/mol. The number of allylic oxidation sites excluding steroid dienone is 4. The second-order valence-electron chi connectivity index (χ2n) is 18.1. The molecule has 0 aromatic rings. The highest BCUT2D eigenvalue weighted by atomic mass is 32.3. The van der Waals surface area contributed by atoms with Gasteiger partial charge >= 0.3 is 16.4 Å². The van der Waals surface area contributed by atoms with Crippen LogP contribution in [0.1, 0.15) is 232 Å². The summed E-state index contributed by atoms with van der Waals surface area (Å²) in [5.74, 6) is -0.402. The number of ether oxygens (including phenoxy) is 4. The number of aliphatic hydroxyl groups is 3. The molecule has 378 valence electrons.